The quantitative estimate of drug-likeness (QED) is 0.903. The first-order valence-corrected chi connectivity index (χ1v) is 6.53. The molecule has 5 nitrogen and oxygen atoms in total. The van der Waals surface area contributed by atoms with Crippen molar-refractivity contribution in [3.05, 3.63) is 57.8 Å². The second-order valence-corrected chi connectivity index (χ2v) is 5.01. The molecule has 0 aliphatic heterocycles. The minimum Gasteiger partial charge on any atom is -0.477 e. The van der Waals surface area contributed by atoms with E-state index in [4.69, 9.17) is 5.11 Å². The monoisotopic (exact) mass is 334 g/mol. The van der Waals surface area contributed by atoms with Gasteiger partial charge in [-0.05, 0) is 42.8 Å². The lowest BCUT2D eigenvalue weighted by Crippen LogP contribution is -2.12. The van der Waals surface area contributed by atoms with Crippen LogP contribution in [0.2, 0.25) is 0 Å². The lowest BCUT2D eigenvalue weighted by atomic mass is 10.1. The SMILES string of the molecule is Cc1cc(C(=O)Nc2ccc(C(=O)O)nc2)ccc1Br. The summed E-state index contributed by atoms with van der Waals surface area (Å²) in [6.07, 6.45) is 1.31. The van der Waals surface area contributed by atoms with Gasteiger partial charge in [0.15, 0.2) is 0 Å². The van der Waals surface area contributed by atoms with Crippen LogP contribution in [-0.2, 0) is 0 Å². The minimum atomic E-state index is -1.11. The number of carbonyl (C=O) groups excluding carboxylic acids is 1. The number of halogens is 1. The second kappa shape index (κ2) is 5.83. The van der Waals surface area contributed by atoms with Crippen LogP contribution in [0.25, 0.3) is 0 Å². The number of benzene rings is 1. The van der Waals surface area contributed by atoms with E-state index in [1.54, 1.807) is 18.2 Å². The zero-order chi connectivity index (χ0) is 14.7. The van der Waals surface area contributed by atoms with E-state index in [9.17, 15) is 9.59 Å². The highest BCUT2D eigenvalue weighted by Crippen LogP contribution is 2.18. The van der Waals surface area contributed by atoms with Crippen molar-refractivity contribution >= 4 is 33.5 Å². The van der Waals surface area contributed by atoms with E-state index in [1.165, 1.54) is 18.3 Å². The lowest BCUT2D eigenvalue weighted by molar-refractivity contribution is 0.0690. The Balaban J connectivity index is 2.14. The average Bonchev–Trinajstić information content (AvgIpc) is 2.42. The number of nitrogens with zero attached hydrogens (tertiary/aromatic N) is 1. The van der Waals surface area contributed by atoms with Crippen LogP contribution in [0.5, 0.6) is 0 Å². The van der Waals surface area contributed by atoms with Gasteiger partial charge in [-0.15, -0.1) is 0 Å². The van der Waals surface area contributed by atoms with Gasteiger partial charge in [-0.2, -0.15) is 0 Å². The number of hydrogen-bond donors (Lipinski definition) is 2. The third kappa shape index (κ3) is 3.21. The molecule has 0 spiro atoms. The number of pyridine rings is 1. The molecule has 0 saturated carbocycles. The molecule has 1 aromatic carbocycles. The summed E-state index contributed by atoms with van der Waals surface area (Å²) in [7, 11) is 0. The Hall–Kier alpha value is -2.21. The Morgan fingerprint density at radius 3 is 2.55 bits per heavy atom. The van der Waals surface area contributed by atoms with E-state index >= 15 is 0 Å². The van der Waals surface area contributed by atoms with E-state index in [1.807, 2.05) is 6.92 Å². The Labute approximate surface area is 123 Å². The van der Waals surface area contributed by atoms with Gasteiger partial charge < -0.3 is 10.4 Å². The van der Waals surface area contributed by atoms with Crippen LogP contribution in [0, 0.1) is 6.92 Å². The molecule has 0 saturated heterocycles. The Morgan fingerprint density at radius 2 is 2.00 bits per heavy atom. The first-order valence-electron chi connectivity index (χ1n) is 5.74. The van der Waals surface area contributed by atoms with Gasteiger partial charge in [0.25, 0.3) is 5.91 Å². The summed E-state index contributed by atoms with van der Waals surface area (Å²) in [5, 5.41) is 11.4. The number of rotatable bonds is 3. The molecule has 6 heteroatoms. The largest absolute Gasteiger partial charge is 0.477 e. The number of anilines is 1. The van der Waals surface area contributed by atoms with Crippen molar-refractivity contribution in [2.75, 3.05) is 5.32 Å². The molecule has 1 heterocycles. The van der Waals surface area contributed by atoms with Crippen LogP contribution in [0.15, 0.2) is 41.0 Å². The van der Waals surface area contributed by atoms with Crippen LogP contribution in [-0.4, -0.2) is 22.0 Å². The maximum atomic E-state index is 12.0. The van der Waals surface area contributed by atoms with Crippen LogP contribution < -0.4 is 5.32 Å². The highest BCUT2D eigenvalue weighted by molar-refractivity contribution is 9.10. The topological polar surface area (TPSA) is 79.3 Å². The number of carboxylic acids is 1. The maximum absolute atomic E-state index is 12.0. The third-order valence-electron chi connectivity index (χ3n) is 2.66. The molecule has 2 rings (SSSR count). The fourth-order valence-electron chi connectivity index (χ4n) is 1.58. The van der Waals surface area contributed by atoms with Crippen molar-refractivity contribution in [1.82, 2.24) is 4.98 Å². The first kappa shape index (κ1) is 14.2. The molecule has 0 unspecified atom stereocenters. The zero-order valence-corrected chi connectivity index (χ0v) is 12.1. The predicted octanol–water partition coefficient (Wildman–Crippen LogP) is 3.10. The van der Waals surface area contributed by atoms with E-state index in [-0.39, 0.29) is 11.6 Å². The standard InChI is InChI=1S/C14H11BrN2O3/c1-8-6-9(2-4-11(8)15)13(18)17-10-3-5-12(14(19)20)16-7-10/h2-7H,1H3,(H,17,18)(H,19,20). The molecular weight excluding hydrogens is 324 g/mol. The smallest absolute Gasteiger partial charge is 0.354 e. The summed E-state index contributed by atoms with van der Waals surface area (Å²) >= 11 is 3.37. The van der Waals surface area contributed by atoms with Crippen LogP contribution in [0.1, 0.15) is 26.4 Å². The third-order valence-corrected chi connectivity index (χ3v) is 3.55. The molecule has 0 bridgehead atoms. The van der Waals surface area contributed by atoms with Crippen molar-refractivity contribution in [3.63, 3.8) is 0 Å². The van der Waals surface area contributed by atoms with Gasteiger partial charge in [0.1, 0.15) is 5.69 Å². The summed E-state index contributed by atoms with van der Waals surface area (Å²) in [5.41, 5.74) is 1.85. The van der Waals surface area contributed by atoms with Gasteiger partial charge in [-0.25, -0.2) is 9.78 Å². The number of aromatic carboxylic acids is 1. The summed E-state index contributed by atoms with van der Waals surface area (Å²) < 4.78 is 0.932. The Morgan fingerprint density at radius 1 is 1.25 bits per heavy atom. The molecule has 102 valence electrons. The Kier molecular flexibility index (Phi) is 4.14. The number of amides is 1. The number of hydrogen-bond acceptors (Lipinski definition) is 3. The number of aryl methyl sites for hydroxylation is 1. The van der Waals surface area contributed by atoms with E-state index in [2.05, 4.69) is 26.2 Å². The van der Waals surface area contributed by atoms with Gasteiger partial charge in [0.05, 0.1) is 11.9 Å². The van der Waals surface area contributed by atoms with E-state index in [0.717, 1.165) is 10.0 Å². The number of carboxylic acid groups (broad SMARTS) is 1. The molecule has 1 amide bonds. The van der Waals surface area contributed by atoms with Gasteiger partial charge >= 0.3 is 5.97 Å². The Bertz CT molecular complexity index is 669. The van der Waals surface area contributed by atoms with Crippen LogP contribution in [0.3, 0.4) is 0 Å². The second-order valence-electron chi connectivity index (χ2n) is 4.16. The minimum absolute atomic E-state index is 0.0671. The molecule has 0 radical (unpaired) electrons. The fourth-order valence-corrected chi connectivity index (χ4v) is 1.83. The number of aromatic nitrogens is 1. The van der Waals surface area contributed by atoms with Crippen molar-refractivity contribution < 1.29 is 14.7 Å². The van der Waals surface area contributed by atoms with Gasteiger partial charge in [0.2, 0.25) is 0 Å². The normalized spacial score (nSPS) is 10.1. The van der Waals surface area contributed by atoms with Crippen LogP contribution >= 0.6 is 15.9 Å². The van der Waals surface area contributed by atoms with E-state index < -0.39 is 5.97 Å². The summed E-state index contributed by atoms with van der Waals surface area (Å²) in [4.78, 5) is 26.4. The predicted molar refractivity (Wildman–Crippen MR) is 78.0 cm³/mol. The highest BCUT2D eigenvalue weighted by atomic mass is 79.9. The lowest BCUT2D eigenvalue weighted by Gasteiger charge is -2.06. The summed E-state index contributed by atoms with van der Waals surface area (Å²) in [5.74, 6) is -1.38. The van der Waals surface area contributed by atoms with Gasteiger partial charge in [-0.1, -0.05) is 15.9 Å². The molecule has 0 aliphatic rings. The molecule has 0 atom stereocenters. The molecule has 2 aromatic rings. The molecule has 20 heavy (non-hydrogen) atoms. The van der Waals surface area contributed by atoms with Crippen molar-refractivity contribution in [2.45, 2.75) is 6.92 Å². The van der Waals surface area contributed by atoms with Gasteiger partial charge in [-0.3, -0.25) is 4.79 Å². The summed E-state index contributed by atoms with van der Waals surface area (Å²) in [6.45, 7) is 1.89. The highest BCUT2D eigenvalue weighted by Gasteiger charge is 2.09. The van der Waals surface area contributed by atoms with Crippen LogP contribution in [0.4, 0.5) is 5.69 Å². The molecule has 0 fully saturated rings. The fraction of sp³-hybridized carbons (Fsp3) is 0.0714. The number of carbonyl (C=O) groups is 2. The van der Waals surface area contributed by atoms with Crippen molar-refractivity contribution in [1.29, 1.82) is 0 Å². The molecule has 2 N–H and O–H groups in total. The zero-order valence-electron chi connectivity index (χ0n) is 10.6. The molecule has 0 aliphatic carbocycles. The first-order chi connectivity index (χ1) is 9.47. The average molecular weight is 335 g/mol. The van der Waals surface area contributed by atoms with E-state index in [0.29, 0.717) is 11.3 Å². The van der Waals surface area contributed by atoms with Crippen molar-refractivity contribution in [3.8, 4) is 0 Å². The van der Waals surface area contributed by atoms with Crippen molar-refractivity contribution in [2.24, 2.45) is 0 Å². The van der Waals surface area contributed by atoms with Gasteiger partial charge in [0, 0.05) is 10.0 Å². The molecular formula is C14H11BrN2O3. The molecule has 1 aromatic heterocycles. The maximum Gasteiger partial charge on any atom is 0.354 e. The number of nitrogens with one attached hydrogen (secondary N) is 1. The summed E-state index contributed by atoms with van der Waals surface area (Å²) in [6, 6.07) is 8.10.